The van der Waals surface area contributed by atoms with Gasteiger partial charge >= 0.3 is 11.9 Å². The highest BCUT2D eigenvalue weighted by molar-refractivity contribution is 6.11. The van der Waals surface area contributed by atoms with E-state index in [1.54, 1.807) is 13.8 Å². The molecule has 33 heavy (non-hydrogen) atoms. The summed E-state index contributed by atoms with van der Waals surface area (Å²) in [4.78, 5) is 26.0. The molecule has 0 unspecified atom stereocenters. The number of phenols is 2. The SMILES string of the molecule is CCOC(=O)c1c(-c2ccc(O)c(OC)c2)oc(-c2ccc(O)c(OC)c2)c1C(=O)OCC. The Hall–Kier alpha value is -4.14. The molecule has 0 spiro atoms. The average molecular weight is 456 g/mol. The van der Waals surface area contributed by atoms with Crippen LogP contribution < -0.4 is 9.47 Å². The zero-order chi connectivity index (χ0) is 24.1. The Bertz CT molecular complexity index is 1090. The van der Waals surface area contributed by atoms with Crippen LogP contribution in [0.5, 0.6) is 23.0 Å². The van der Waals surface area contributed by atoms with Gasteiger partial charge in [0.2, 0.25) is 0 Å². The molecule has 0 bridgehead atoms. The summed E-state index contributed by atoms with van der Waals surface area (Å²) in [5.41, 5.74) is 0.445. The molecule has 0 saturated carbocycles. The number of methoxy groups -OCH3 is 2. The summed E-state index contributed by atoms with van der Waals surface area (Å²) in [5, 5.41) is 19.9. The van der Waals surface area contributed by atoms with Gasteiger partial charge in [-0.25, -0.2) is 9.59 Å². The van der Waals surface area contributed by atoms with E-state index in [4.69, 9.17) is 23.4 Å². The zero-order valence-corrected chi connectivity index (χ0v) is 18.6. The molecular weight excluding hydrogens is 432 g/mol. The van der Waals surface area contributed by atoms with Crippen molar-refractivity contribution in [3.05, 3.63) is 47.5 Å². The first-order chi connectivity index (χ1) is 15.9. The van der Waals surface area contributed by atoms with E-state index >= 15 is 0 Å². The Morgan fingerprint density at radius 1 is 0.758 bits per heavy atom. The largest absolute Gasteiger partial charge is 0.504 e. The van der Waals surface area contributed by atoms with Crippen molar-refractivity contribution in [2.45, 2.75) is 13.8 Å². The number of carbonyl (C=O) groups is 2. The number of phenolic OH excluding ortho intramolecular Hbond substituents is 2. The van der Waals surface area contributed by atoms with Gasteiger partial charge in [-0.15, -0.1) is 0 Å². The van der Waals surface area contributed by atoms with Crippen LogP contribution in [0.2, 0.25) is 0 Å². The van der Waals surface area contributed by atoms with Crippen molar-refractivity contribution < 1.29 is 43.2 Å². The highest BCUT2D eigenvalue weighted by Gasteiger charge is 2.34. The van der Waals surface area contributed by atoms with Crippen LogP contribution in [0, 0.1) is 0 Å². The third kappa shape index (κ3) is 4.57. The van der Waals surface area contributed by atoms with Gasteiger partial charge in [-0.2, -0.15) is 0 Å². The Morgan fingerprint density at radius 2 is 1.15 bits per heavy atom. The Morgan fingerprint density at radius 3 is 1.48 bits per heavy atom. The van der Waals surface area contributed by atoms with Crippen LogP contribution in [-0.4, -0.2) is 49.6 Å². The fraction of sp³-hybridized carbons (Fsp3) is 0.250. The lowest BCUT2D eigenvalue weighted by molar-refractivity contribution is 0.0481. The molecule has 0 aliphatic rings. The minimum atomic E-state index is -0.789. The van der Waals surface area contributed by atoms with E-state index < -0.39 is 11.9 Å². The lowest BCUT2D eigenvalue weighted by Gasteiger charge is -2.08. The number of ether oxygens (including phenoxy) is 4. The Kier molecular flexibility index (Phi) is 7.12. The summed E-state index contributed by atoms with van der Waals surface area (Å²) < 4.78 is 26.8. The second-order valence-electron chi connectivity index (χ2n) is 6.72. The van der Waals surface area contributed by atoms with Gasteiger partial charge in [0.1, 0.15) is 22.6 Å². The van der Waals surface area contributed by atoms with Crippen LogP contribution in [0.3, 0.4) is 0 Å². The van der Waals surface area contributed by atoms with Crippen molar-refractivity contribution >= 4 is 11.9 Å². The number of aromatic hydroxyl groups is 2. The third-order valence-electron chi connectivity index (χ3n) is 4.75. The van der Waals surface area contributed by atoms with E-state index in [1.165, 1.54) is 50.6 Å². The first-order valence-electron chi connectivity index (χ1n) is 10.1. The zero-order valence-electron chi connectivity index (χ0n) is 18.6. The molecule has 0 amide bonds. The number of carbonyl (C=O) groups excluding carboxylic acids is 2. The monoisotopic (exact) mass is 456 g/mol. The van der Waals surface area contributed by atoms with E-state index in [2.05, 4.69) is 0 Å². The lowest BCUT2D eigenvalue weighted by Crippen LogP contribution is -2.13. The molecule has 0 aliphatic heterocycles. The fourth-order valence-electron chi connectivity index (χ4n) is 3.27. The first kappa shape index (κ1) is 23.5. The van der Waals surface area contributed by atoms with Gasteiger partial charge in [-0.05, 0) is 50.2 Å². The second-order valence-corrected chi connectivity index (χ2v) is 6.72. The molecule has 3 rings (SSSR count). The maximum absolute atomic E-state index is 13.0. The third-order valence-corrected chi connectivity index (χ3v) is 4.75. The molecule has 1 aromatic heterocycles. The molecule has 174 valence electrons. The summed E-state index contributed by atoms with van der Waals surface area (Å²) in [6.07, 6.45) is 0. The minimum absolute atomic E-state index is 0.0249. The fourth-order valence-corrected chi connectivity index (χ4v) is 3.27. The topological polar surface area (TPSA) is 125 Å². The van der Waals surface area contributed by atoms with E-state index in [0.717, 1.165) is 0 Å². The van der Waals surface area contributed by atoms with Gasteiger partial charge in [-0.3, -0.25) is 0 Å². The van der Waals surface area contributed by atoms with Crippen molar-refractivity contribution in [2.24, 2.45) is 0 Å². The van der Waals surface area contributed by atoms with E-state index in [1.807, 2.05) is 0 Å². The van der Waals surface area contributed by atoms with Crippen LogP contribution in [0.15, 0.2) is 40.8 Å². The number of benzene rings is 2. The molecular formula is C24H24O9. The van der Waals surface area contributed by atoms with Crippen molar-refractivity contribution in [3.63, 3.8) is 0 Å². The van der Waals surface area contributed by atoms with Gasteiger partial charge in [0.25, 0.3) is 0 Å². The number of rotatable bonds is 8. The standard InChI is InChI=1S/C24H24O9/c1-5-31-23(27)19-20(24(28)32-6-2)22(14-8-10-16(26)18(12-14)30-4)33-21(19)13-7-9-15(25)17(11-13)29-3/h7-12,25-26H,5-6H2,1-4H3. The van der Waals surface area contributed by atoms with Crippen LogP contribution in [0.1, 0.15) is 34.6 Å². The normalized spacial score (nSPS) is 10.5. The summed E-state index contributed by atoms with van der Waals surface area (Å²) in [7, 11) is 2.76. The maximum atomic E-state index is 13.0. The van der Waals surface area contributed by atoms with Gasteiger partial charge in [0.15, 0.2) is 23.0 Å². The van der Waals surface area contributed by atoms with E-state index in [-0.39, 0.29) is 58.9 Å². The van der Waals surface area contributed by atoms with E-state index in [0.29, 0.717) is 11.1 Å². The molecule has 0 atom stereocenters. The van der Waals surface area contributed by atoms with Crippen molar-refractivity contribution in [1.29, 1.82) is 0 Å². The predicted octanol–water partition coefficient (Wildman–Crippen LogP) is 4.40. The molecule has 9 heteroatoms. The first-order valence-corrected chi connectivity index (χ1v) is 10.1. The van der Waals surface area contributed by atoms with E-state index in [9.17, 15) is 19.8 Å². The quantitative estimate of drug-likeness (QED) is 0.475. The van der Waals surface area contributed by atoms with Crippen LogP contribution in [0.4, 0.5) is 0 Å². The Labute approximate surface area is 190 Å². The van der Waals surface area contributed by atoms with Gasteiger partial charge in [0.05, 0.1) is 27.4 Å². The van der Waals surface area contributed by atoms with Gasteiger partial charge < -0.3 is 33.6 Å². The number of hydrogen-bond acceptors (Lipinski definition) is 9. The summed E-state index contributed by atoms with van der Waals surface area (Å²) in [6.45, 7) is 3.40. The average Bonchev–Trinajstić information content (AvgIpc) is 3.21. The molecule has 3 aromatic rings. The highest BCUT2D eigenvalue weighted by Crippen LogP contribution is 2.42. The van der Waals surface area contributed by atoms with Gasteiger partial charge in [-0.1, -0.05) is 0 Å². The number of hydrogen-bond donors (Lipinski definition) is 2. The van der Waals surface area contributed by atoms with Crippen LogP contribution in [0.25, 0.3) is 22.6 Å². The summed E-state index contributed by atoms with van der Waals surface area (Å²) in [5.74, 6) is -1.46. The molecule has 2 N–H and O–H groups in total. The molecule has 9 nitrogen and oxygen atoms in total. The molecule has 2 aromatic carbocycles. The smallest absolute Gasteiger partial charge is 0.342 e. The second kappa shape index (κ2) is 9.99. The van der Waals surface area contributed by atoms with Crippen molar-refractivity contribution in [2.75, 3.05) is 27.4 Å². The van der Waals surface area contributed by atoms with Crippen LogP contribution >= 0.6 is 0 Å². The number of furan rings is 1. The molecule has 0 radical (unpaired) electrons. The summed E-state index contributed by atoms with van der Waals surface area (Å²) >= 11 is 0. The molecule has 0 aliphatic carbocycles. The van der Waals surface area contributed by atoms with Crippen molar-refractivity contribution in [3.8, 4) is 45.6 Å². The Balaban J connectivity index is 2.36. The summed E-state index contributed by atoms with van der Waals surface area (Å²) in [6, 6.07) is 8.70. The molecule has 0 saturated heterocycles. The highest BCUT2D eigenvalue weighted by atomic mass is 16.5. The lowest BCUT2D eigenvalue weighted by atomic mass is 10.0. The van der Waals surface area contributed by atoms with Crippen LogP contribution in [-0.2, 0) is 9.47 Å². The molecule has 0 fully saturated rings. The minimum Gasteiger partial charge on any atom is -0.504 e. The maximum Gasteiger partial charge on any atom is 0.342 e. The molecule has 1 heterocycles. The van der Waals surface area contributed by atoms with Crippen molar-refractivity contribution in [1.82, 2.24) is 0 Å². The predicted molar refractivity (Wildman–Crippen MR) is 118 cm³/mol. The van der Waals surface area contributed by atoms with Gasteiger partial charge in [0, 0.05) is 11.1 Å². The number of esters is 2.